The third-order valence-electron chi connectivity index (χ3n) is 1.57. The average Bonchev–Trinajstić information content (AvgIpc) is 2.32. The largest absolute Gasteiger partial charge is 0.271 e. The van der Waals surface area contributed by atoms with Crippen LogP contribution in [0.15, 0.2) is 10.7 Å². The molecule has 0 saturated carbocycles. The Morgan fingerprint density at radius 3 is 2.73 bits per heavy atom. The van der Waals surface area contributed by atoms with E-state index in [2.05, 4.69) is 34.9 Å². The van der Waals surface area contributed by atoms with Crippen molar-refractivity contribution in [3.05, 3.63) is 16.4 Å². The van der Waals surface area contributed by atoms with Crippen molar-refractivity contribution < 1.29 is 0 Å². The van der Waals surface area contributed by atoms with E-state index in [1.165, 1.54) is 0 Å². The van der Waals surface area contributed by atoms with E-state index in [1.807, 2.05) is 10.9 Å². The minimum Gasteiger partial charge on any atom is -0.271 e. The van der Waals surface area contributed by atoms with Crippen LogP contribution in [0.3, 0.4) is 0 Å². The van der Waals surface area contributed by atoms with Gasteiger partial charge in [-0.15, -0.1) is 0 Å². The fraction of sp³-hybridized carbons (Fsp3) is 0.625. The molecule has 1 aromatic rings. The third-order valence-corrected chi connectivity index (χ3v) is 2.24. The molecule has 1 heterocycles. The van der Waals surface area contributed by atoms with E-state index in [0.29, 0.717) is 0 Å². The smallest absolute Gasteiger partial charge is 0.0763 e. The van der Waals surface area contributed by atoms with Gasteiger partial charge in [0, 0.05) is 12.7 Å². The molecule has 0 amide bonds. The van der Waals surface area contributed by atoms with Crippen molar-refractivity contribution in [2.45, 2.75) is 33.2 Å². The zero-order valence-corrected chi connectivity index (χ0v) is 8.56. The van der Waals surface area contributed by atoms with Crippen LogP contribution in [0.1, 0.15) is 26.0 Å². The molecule has 0 bridgehead atoms. The highest BCUT2D eigenvalue weighted by molar-refractivity contribution is 9.10. The summed E-state index contributed by atoms with van der Waals surface area (Å²) in [7, 11) is 0. The zero-order chi connectivity index (χ0) is 8.27. The van der Waals surface area contributed by atoms with Crippen LogP contribution in [-0.4, -0.2) is 9.78 Å². The Balaban J connectivity index is 2.77. The molecule has 0 N–H and O–H groups in total. The molecule has 0 aliphatic rings. The molecule has 0 spiro atoms. The molecular weight excluding hydrogens is 204 g/mol. The average molecular weight is 217 g/mol. The predicted molar refractivity (Wildman–Crippen MR) is 49.6 cm³/mol. The molecule has 0 aromatic carbocycles. The fourth-order valence-corrected chi connectivity index (χ4v) is 1.62. The number of hydrogen-bond donors (Lipinski definition) is 0. The summed E-state index contributed by atoms with van der Waals surface area (Å²) in [5.41, 5.74) is 1.15. The van der Waals surface area contributed by atoms with E-state index in [4.69, 9.17) is 0 Å². The monoisotopic (exact) mass is 216 g/mol. The second-order valence-electron chi connectivity index (χ2n) is 2.54. The molecule has 3 heteroatoms. The van der Waals surface area contributed by atoms with E-state index in [1.54, 1.807) is 0 Å². The van der Waals surface area contributed by atoms with Crippen LogP contribution in [0, 0.1) is 0 Å². The molecule has 62 valence electrons. The molecule has 0 aliphatic carbocycles. The van der Waals surface area contributed by atoms with Crippen LogP contribution >= 0.6 is 15.9 Å². The second kappa shape index (κ2) is 3.90. The molecule has 11 heavy (non-hydrogen) atoms. The molecule has 1 aromatic heterocycles. The highest BCUT2D eigenvalue weighted by Crippen LogP contribution is 2.14. The topological polar surface area (TPSA) is 17.8 Å². The van der Waals surface area contributed by atoms with E-state index in [9.17, 15) is 0 Å². The Morgan fingerprint density at radius 2 is 2.27 bits per heavy atom. The molecule has 0 fully saturated rings. The predicted octanol–water partition coefficient (Wildman–Crippen LogP) is 2.62. The van der Waals surface area contributed by atoms with Gasteiger partial charge in [0.25, 0.3) is 0 Å². The Bertz CT molecular complexity index is 230. The van der Waals surface area contributed by atoms with Crippen molar-refractivity contribution in [1.29, 1.82) is 0 Å². The second-order valence-corrected chi connectivity index (χ2v) is 3.39. The summed E-state index contributed by atoms with van der Waals surface area (Å²) in [6.07, 6.45) is 4.18. The molecule has 1 rings (SSSR count). The summed E-state index contributed by atoms with van der Waals surface area (Å²) in [5, 5.41) is 4.39. The van der Waals surface area contributed by atoms with Gasteiger partial charge in [0.1, 0.15) is 0 Å². The lowest BCUT2D eigenvalue weighted by Gasteiger charge is -1.94. The number of rotatable bonds is 3. The Labute approximate surface area is 75.7 Å². The van der Waals surface area contributed by atoms with E-state index in [0.717, 1.165) is 29.6 Å². The van der Waals surface area contributed by atoms with Crippen molar-refractivity contribution in [2.75, 3.05) is 0 Å². The number of aromatic nitrogens is 2. The maximum atomic E-state index is 4.39. The number of nitrogens with zero attached hydrogens (tertiary/aromatic N) is 2. The van der Waals surface area contributed by atoms with Crippen LogP contribution < -0.4 is 0 Å². The number of hydrogen-bond acceptors (Lipinski definition) is 1. The van der Waals surface area contributed by atoms with E-state index < -0.39 is 0 Å². The van der Waals surface area contributed by atoms with Gasteiger partial charge in [-0.1, -0.05) is 13.8 Å². The lowest BCUT2D eigenvalue weighted by molar-refractivity contribution is 0.595. The van der Waals surface area contributed by atoms with Gasteiger partial charge in [0.05, 0.1) is 10.2 Å². The SMILES string of the molecule is CCCn1cc(Br)c(CC)n1. The third kappa shape index (κ3) is 2.06. The number of halogens is 1. The minimum atomic E-state index is 0.997. The van der Waals surface area contributed by atoms with Gasteiger partial charge in [-0.3, -0.25) is 4.68 Å². The first kappa shape index (κ1) is 8.78. The Hall–Kier alpha value is -0.310. The summed E-state index contributed by atoms with van der Waals surface area (Å²) < 4.78 is 3.12. The first-order chi connectivity index (χ1) is 5.27. The van der Waals surface area contributed by atoms with Crippen molar-refractivity contribution in [3.8, 4) is 0 Å². The van der Waals surface area contributed by atoms with Crippen LogP contribution in [0.4, 0.5) is 0 Å². The summed E-state index contributed by atoms with van der Waals surface area (Å²) in [6.45, 7) is 5.28. The zero-order valence-electron chi connectivity index (χ0n) is 6.97. The molecule has 0 saturated heterocycles. The summed E-state index contributed by atoms with van der Waals surface area (Å²) >= 11 is 3.46. The minimum absolute atomic E-state index is 0.997. The van der Waals surface area contributed by atoms with Crippen molar-refractivity contribution in [1.82, 2.24) is 9.78 Å². The van der Waals surface area contributed by atoms with Crippen LogP contribution in [-0.2, 0) is 13.0 Å². The number of aryl methyl sites for hydroxylation is 2. The van der Waals surface area contributed by atoms with Gasteiger partial charge in [0.15, 0.2) is 0 Å². The van der Waals surface area contributed by atoms with Crippen LogP contribution in [0.5, 0.6) is 0 Å². The van der Waals surface area contributed by atoms with E-state index in [-0.39, 0.29) is 0 Å². The first-order valence-electron chi connectivity index (χ1n) is 3.99. The van der Waals surface area contributed by atoms with Gasteiger partial charge in [-0.2, -0.15) is 5.10 Å². The summed E-state index contributed by atoms with van der Waals surface area (Å²) in [6, 6.07) is 0. The standard InChI is InChI=1S/C8H13BrN2/c1-3-5-11-6-7(9)8(4-2)10-11/h6H,3-5H2,1-2H3. The molecule has 0 radical (unpaired) electrons. The van der Waals surface area contributed by atoms with Crippen molar-refractivity contribution in [2.24, 2.45) is 0 Å². The van der Waals surface area contributed by atoms with Gasteiger partial charge in [-0.05, 0) is 28.8 Å². The van der Waals surface area contributed by atoms with Crippen molar-refractivity contribution >= 4 is 15.9 Å². The Kier molecular flexibility index (Phi) is 3.12. The summed E-state index contributed by atoms with van der Waals surface area (Å²) in [4.78, 5) is 0. The van der Waals surface area contributed by atoms with Gasteiger partial charge in [0.2, 0.25) is 0 Å². The molecule has 0 atom stereocenters. The lowest BCUT2D eigenvalue weighted by atomic mass is 10.3. The van der Waals surface area contributed by atoms with Gasteiger partial charge >= 0.3 is 0 Å². The Morgan fingerprint density at radius 1 is 1.55 bits per heavy atom. The quantitative estimate of drug-likeness (QED) is 0.760. The normalized spacial score (nSPS) is 10.5. The first-order valence-corrected chi connectivity index (χ1v) is 4.79. The highest BCUT2D eigenvalue weighted by atomic mass is 79.9. The lowest BCUT2D eigenvalue weighted by Crippen LogP contribution is -1.97. The van der Waals surface area contributed by atoms with E-state index >= 15 is 0 Å². The molecule has 2 nitrogen and oxygen atoms in total. The molecule has 0 unspecified atom stereocenters. The van der Waals surface area contributed by atoms with Crippen LogP contribution in [0.25, 0.3) is 0 Å². The van der Waals surface area contributed by atoms with Crippen LogP contribution in [0.2, 0.25) is 0 Å². The van der Waals surface area contributed by atoms with Gasteiger partial charge < -0.3 is 0 Å². The van der Waals surface area contributed by atoms with Gasteiger partial charge in [-0.25, -0.2) is 0 Å². The maximum absolute atomic E-state index is 4.39. The highest BCUT2D eigenvalue weighted by Gasteiger charge is 2.02. The van der Waals surface area contributed by atoms with Crippen molar-refractivity contribution in [3.63, 3.8) is 0 Å². The molecule has 0 aliphatic heterocycles. The fourth-order valence-electron chi connectivity index (χ4n) is 1.02. The maximum Gasteiger partial charge on any atom is 0.0763 e. The molecular formula is C8H13BrN2. The summed E-state index contributed by atoms with van der Waals surface area (Å²) in [5.74, 6) is 0.